The Labute approximate surface area is 207 Å². The molecule has 0 radical (unpaired) electrons. The van der Waals surface area contributed by atoms with Crippen LogP contribution in [0.15, 0.2) is 45.6 Å². The highest BCUT2D eigenvalue weighted by atomic mass is 16.5. The summed E-state index contributed by atoms with van der Waals surface area (Å²) < 4.78 is 12.1. The third-order valence-corrected chi connectivity index (χ3v) is 6.72. The fourth-order valence-corrected chi connectivity index (χ4v) is 4.60. The van der Waals surface area contributed by atoms with Gasteiger partial charge in [-0.05, 0) is 94.2 Å². The van der Waals surface area contributed by atoms with E-state index in [9.17, 15) is 9.59 Å². The van der Waals surface area contributed by atoms with Crippen LogP contribution in [-0.2, 0) is 0 Å². The summed E-state index contributed by atoms with van der Waals surface area (Å²) in [6, 6.07) is 11.0. The zero-order valence-electron chi connectivity index (χ0n) is 21.7. The highest BCUT2D eigenvalue weighted by Crippen LogP contribution is 2.39. The Morgan fingerprint density at radius 1 is 1.09 bits per heavy atom. The van der Waals surface area contributed by atoms with Gasteiger partial charge in [-0.3, -0.25) is 9.59 Å². The zero-order valence-corrected chi connectivity index (χ0v) is 21.7. The summed E-state index contributed by atoms with van der Waals surface area (Å²) in [6.07, 6.45) is 1.75. The second-order valence-corrected chi connectivity index (χ2v) is 10.3. The number of hydrogen-bond acceptors (Lipinski definition) is 5. The van der Waals surface area contributed by atoms with Crippen LogP contribution in [0.4, 0.5) is 0 Å². The van der Waals surface area contributed by atoms with Gasteiger partial charge in [0.25, 0.3) is 5.91 Å². The normalized spacial score (nSPS) is 15.5. The number of hydrogen-bond donors (Lipinski definition) is 0. The number of benzene rings is 2. The highest BCUT2D eigenvalue weighted by molar-refractivity contribution is 5.99. The Balaban J connectivity index is 1.80. The summed E-state index contributed by atoms with van der Waals surface area (Å²) in [5.74, 6) is 1.22. The average molecular weight is 477 g/mol. The van der Waals surface area contributed by atoms with Gasteiger partial charge in [0.15, 0.2) is 5.43 Å². The van der Waals surface area contributed by atoms with Gasteiger partial charge in [0.05, 0.1) is 23.6 Å². The molecule has 0 spiro atoms. The summed E-state index contributed by atoms with van der Waals surface area (Å²) in [5.41, 5.74) is 3.66. The molecular weight excluding hydrogens is 440 g/mol. The first-order valence-electron chi connectivity index (χ1n) is 12.4. The van der Waals surface area contributed by atoms with Gasteiger partial charge in [-0.25, -0.2) is 0 Å². The maximum atomic E-state index is 13.8. The molecular formula is C29H36N2O4. The fourth-order valence-electron chi connectivity index (χ4n) is 4.60. The minimum absolute atomic E-state index is 0.135. The van der Waals surface area contributed by atoms with E-state index in [4.69, 9.17) is 9.15 Å². The van der Waals surface area contributed by atoms with E-state index in [1.54, 1.807) is 4.90 Å². The van der Waals surface area contributed by atoms with Gasteiger partial charge < -0.3 is 19.0 Å². The number of ether oxygens (including phenoxy) is 1. The first kappa shape index (κ1) is 25.0. The number of rotatable bonds is 9. The quantitative estimate of drug-likeness (QED) is 0.418. The highest BCUT2D eigenvalue weighted by Gasteiger charge is 2.42. The molecule has 6 nitrogen and oxygen atoms in total. The van der Waals surface area contributed by atoms with E-state index in [1.807, 2.05) is 64.3 Å². The van der Waals surface area contributed by atoms with Crippen LogP contribution in [-0.4, -0.2) is 49.5 Å². The van der Waals surface area contributed by atoms with Crippen LogP contribution in [0.3, 0.4) is 0 Å². The lowest BCUT2D eigenvalue weighted by molar-refractivity contribution is 0.0722. The maximum Gasteiger partial charge on any atom is 0.290 e. The van der Waals surface area contributed by atoms with Crippen LogP contribution in [0.2, 0.25) is 0 Å². The van der Waals surface area contributed by atoms with E-state index in [0.717, 1.165) is 41.8 Å². The molecule has 0 saturated heterocycles. The summed E-state index contributed by atoms with van der Waals surface area (Å²) in [7, 11) is 4.02. The zero-order chi connectivity index (χ0) is 25.3. The first-order valence-corrected chi connectivity index (χ1v) is 12.4. The maximum absolute atomic E-state index is 13.8. The SMILES string of the molecule is Cc1cc2oc3c(c(=O)c2cc1C)[C@@H](c1cccc(OCCC(C)C)c1)N(CCCN(C)C)C3=O. The standard InChI is InChI=1S/C29H36N2O4/c1-18(2)11-14-34-22-10-7-9-21(17-22)26-25-27(32)23-15-19(3)20(4)16-24(23)35-28(25)29(33)31(26)13-8-12-30(5)6/h7,9-10,15-18,26H,8,11-14H2,1-6H3/t26-/m1/s1. The van der Waals surface area contributed by atoms with Gasteiger partial charge >= 0.3 is 0 Å². The minimum Gasteiger partial charge on any atom is -0.494 e. The molecule has 2 aromatic carbocycles. The van der Waals surface area contributed by atoms with Crippen molar-refractivity contribution in [2.45, 2.75) is 46.6 Å². The number of carbonyl (C=O) groups is 1. The van der Waals surface area contributed by atoms with Crippen molar-refractivity contribution >= 4 is 16.9 Å². The lowest BCUT2D eigenvalue weighted by Crippen LogP contribution is -2.32. The first-order chi connectivity index (χ1) is 16.7. The van der Waals surface area contributed by atoms with Crippen molar-refractivity contribution in [3.8, 4) is 5.75 Å². The van der Waals surface area contributed by atoms with Crippen molar-refractivity contribution in [2.24, 2.45) is 5.92 Å². The summed E-state index contributed by atoms with van der Waals surface area (Å²) in [6.45, 7) is 10.3. The van der Waals surface area contributed by atoms with Gasteiger partial charge in [0, 0.05) is 6.54 Å². The predicted molar refractivity (Wildman–Crippen MR) is 139 cm³/mol. The molecule has 4 rings (SSSR count). The Hall–Kier alpha value is -3.12. The fraction of sp³-hybridized carbons (Fsp3) is 0.448. The number of amides is 1. The van der Waals surface area contributed by atoms with E-state index >= 15 is 0 Å². The summed E-state index contributed by atoms with van der Waals surface area (Å²) >= 11 is 0. The van der Waals surface area contributed by atoms with Crippen molar-refractivity contribution in [2.75, 3.05) is 33.8 Å². The second-order valence-electron chi connectivity index (χ2n) is 10.3. The molecule has 1 atom stereocenters. The molecule has 0 saturated carbocycles. The molecule has 1 aliphatic rings. The molecule has 0 fully saturated rings. The van der Waals surface area contributed by atoms with Crippen LogP contribution in [0.5, 0.6) is 5.75 Å². The van der Waals surface area contributed by atoms with Crippen molar-refractivity contribution < 1.29 is 13.9 Å². The van der Waals surface area contributed by atoms with Crippen LogP contribution in [0.1, 0.15) is 65.5 Å². The summed E-state index contributed by atoms with van der Waals surface area (Å²) in [4.78, 5) is 31.3. The molecule has 0 bridgehead atoms. The molecule has 6 heteroatoms. The van der Waals surface area contributed by atoms with E-state index in [1.165, 1.54) is 0 Å². The monoisotopic (exact) mass is 476 g/mol. The van der Waals surface area contributed by atoms with Gasteiger partial charge in [-0.15, -0.1) is 0 Å². The van der Waals surface area contributed by atoms with Gasteiger partial charge in [0.2, 0.25) is 5.76 Å². The Kier molecular flexibility index (Phi) is 7.31. The number of nitrogens with zero attached hydrogens (tertiary/aromatic N) is 2. The lowest BCUT2D eigenvalue weighted by Gasteiger charge is -2.26. The predicted octanol–water partition coefficient (Wildman–Crippen LogP) is 5.33. The molecule has 0 N–H and O–H groups in total. The van der Waals surface area contributed by atoms with Crippen LogP contribution in [0, 0.1) is 19.8 Å². The Morgan fingerprint density at radius 3 is 2.54 bits per heavy atom. The van der Waals surface area contributed by atoms with Crippen molar-refractivity contribution in [3.63, 3.8) is 0 Å². The molecule has 1 amide bonds. The second kappa shape index (κ2) is 10.2. The molecule has 3 aromatic rings. The number of carbonyl (C=O) groups excluding carboxylic acids is 1. The third-order valence-electron chi connectivity index (χ3n) is 6.72. The topological polar surface area (TPSA) is 63.0 Å². The van der Waals surface area contributed by atoms with Crippen LogP contribution < -0.4 is 10.2 Å². The molecule has 1 aliphatic heterocycles. The minimum atomic E-state index is -0.504. The van der Waals surface area contributed by atoms with Crippen molar-refractivity contribution in [1.82, 2.24) is 9.80 Å². The lowest BCUT2D eigenvalue weighted by atomic mass is 9.97. The molecule has 35 heavy (non-hydrogen) atoms. The molecule has 0 unspecified atom stereocenters. The molecule has 0 aliphatic carbocycles. The van der Waals surface area contributed by atoms with E-state index < -0.39 is 6.04 Å². The van der Waals surface area contributed by atoms with Crippen molar-refractivity contribution in [3.05, 3.63) is 74.6 Å². The van der Waals surface area contributed by atoms with Crippen LogP contribution in [0.25, 0.3) is 11.0 Å². The van der Waals surface area contributed by atoms with Gasteiger partial charge in [0.1, 0.15) is 11.3 Å². The number of aryl methyl sites for hydroxylation is 2. The van der Waals surface area contributed by atoms with E-state index in [0.29, 0.717) is 35.6 Å². The number of fused-ring (bicyclic) bond motifs is 2. The molecule has 2 heterocycles. The Bertz CT molecular complexity index is 1290. The Morgan fingerprint density at radius 2 is 1.83 bits per heavy atom. The third kappa shape index (κ3) is 5.13. The smallest absolute Gasteiger partial charge is 0.290 e. The van der Waals surface area contributed by atoms with E-state index in [-0.39, 0.29) is 17.1 Å². The van der Waals surface area contributed by atoms with Gasteiger partial charge in [-0.1, -0.05) is 26.0 Å². The van der Waals surface area contributed by atoms with E-state index in [2.05, 4.69) is 18.7 Å². The molecule has 1 aromatic heterocycles. The average Bonchev–Trinajstić information content (AvgIpc) is 3.07. The summed E-state index contributed by atoms with van der Waals surface area (Å²) in [5, 5.41) is 0.518. The van der Waals surface area contributed by atoms with Gasteiger partial charge in [-0.2, -0.15) is 0 Å². The largest absolute Gasteiger partial charge is 0.494 e. The van der Waals surface area contributed by atoms with Crippen LogP contribution >= 0.6 is 0 Å². The van der Waals surface area contributed by atoms with Crippen molar-refractivity contribution in [1.29, 1.82) is 0 Å². The molecule has 186 valence electrons.